The zero-order valence-electron chi connectivity index (χ0n) is 36.3. The molecule has 5 rings (SSSR count). The van der Waals surface area contributed by atoms with E-state index in [4.69, 9.17) is 9.47 Å². The van der Waals surface area contributed by atoms with Crippen LogP contribution in [0.3, 0.4) is 0 Å². The number of unbranched alkanes of at least 4 members (excludes halogenated alkanes) is 10. The summed E-state index contributed by atoms with van der Waals surface area (Å²) in [7, 11) is 0. The molecule has 0 radical (unpaired) electrons. The van der Waals surface area contributed by atoms with Gasteiger partial charge in [-0.05, 0) is 82.6 Å². The summed E-state index contributed by atoms with van der Waals surface area (Å²) in [6.07, 6.45) is 30.5. The number of rotatable bonds is 26. The Hall–Kier alpha value is -6.54. The van der Waals surface area contributed by atoms with Gasteiger partial charge in [-0.2, -0.15) is 0 Å². The third-order valence-electron chi connectivity index (χ3n) is 10.6. The molecule has 0 heterocycles. The first-order chi connectivity index (χ1) is 30.3. The van der Waals surface area contributed by atoms with E-state index in [1.165, 1.54) is 75.6 Å². The molecule has 0 aromatic heterocycles. The van der Waals surface area contributed by atoms with Crippen LogP contribution in [-0.4, -0.2) is 23.1 Å². The van der Waals surface area contributed by atoms with Gasteiger partial charge in [-0.15, -0.1) is 0 Å². The molecular weight excluding hydrogens is 773 g/mol. The number of nitro groups is 2. The van der Waals surface area contributed by atoms with Crippen molar-refractivity contribution in [2.75, 3.05) is 13.2 Å². The highest BCUT2D eigenvalue weighted by Gasteiger charge is 2.11. The number of non-ortho nitro benzene ring substituents is 2. The number of nitro benzene ring substituents is 2. The Morgan fingerprint density at radius 3 is 0.935 bits per heavy atom. The topological polar surface area (TPSA) is 105 Å². The number of ether oxygens (including phenoxy) is 2. The molecule has 0 N–H and O–H groups in total. The van der Waals surface area contributed by atoms with E-state index in [0.29, 0.717) is 13.2 Å². The van der Waals surface area contributed by atoms with Crippen molar-refractivity contribution in [3.8, 4) is 11.5 Å². The van der Waals surface area contributed by atoms with Crippen molar-refractivity contribution in [2.45, 2.75) is 90.9 Å². The van der Waals surface area contributed by atoms with Crippen LogP contribution in [-0.2, 0) is 0 Å². The Kier molecular flexibility index (Phi) is 19.5. The molecule has 5 aromatic carbocycles. The van der Waals surface area contributed by atoms with Crippen molar-refractivity contribution in [1.82, 2.24) is 0 Å². The molecule has 62 heavy (non-hydrogen) atoms. The van der Waals surface area contributed by atoms with Crippen molar-refractivity contribution in [1.29, 1.82) is 0 Å². The van der Waals surface area contributed by atoms with Crippen LogP contribution >= 0.6 is 0 Å². The van der Waals surface area contributed by atoms with E-state index in [0.717, 1.165) is 81.7 Å². The molecule has 5 aromatic rings. The van der Waals surface area contributed by atoms with Gasteiger partial charge in [0.2, 0.25) is 0 Å². The van der Waals surface area contributed by atoms with Gasteiger partial charge in [-0.3, -0.25) is 20.2 Å². The zero-order valence-corrected chi connectivity index (χ0v) is 36.3. The fourth-order valence-corrected chi connectivity index (χ4v) is 6.84. The minimum atomic E-state index is -0.392. The highest BCUT2D eigenvalue weighted by atomic mass is 16.6. The van der Waals surface area contributed by atoms with Crippen LogP contribution in [0.2, 0.25) is 0 Å². The van der Waals surface area contributed by atoms with E-state index >= 15 is 0 Å². The van der Waals surface area contributed by atoms with E-state index in [1.807, 2.05) is 24.3 Å². The second kappa shape index (κ2) is 25.9. The maximum absolute atomic E-state index is 11.0. The second-order valence-corrected chi connectivity index (χ2v) is 15.5. The van der Waals surface area contributed by atoms with Crippen LogP contribution in [0.1, 0.15) is 135 Å². The highest BCUT2D eigenvalue weighted by molar-refractivity contribution is 5.80. The molecule has 0 bridgehead atoms. The lowest BCUT2D eigenvalue weighted by Gasteiger charge is -2.15. The van der Waals surface area contributed by atoms with Gasteiger partial charge in [0.1, 0.15) is 11.5 Å². The molecule has 0 aliphatic carbocycles. The molecule has 0 saturated carbocycles. The third-order valence-corrected chi connectivity index (χ3v) is 10.6. The van der Waals surface area contributed by atoms with Crippen molar-refractivity contribution in [2.24, 2.45) is 0 Å². The molecule has 0 fully saturated rings. The van der Waals surface area contributed by atoms with E-state index in [9.17, 15) is 20.2 Å². The molecule has 0 unspecified atom stereocenters. The predicted molar refractivity (Wildman–Crippen MR) is 259 cm³/mol. The zero-order chi connectivity index (χ0) is 43.8. The average molecular weight is 833 g/mol. The average Bonchev–Trinajstić information content (AvgIpc) is 3.29. The molecule has 0 aliphatic rings. The summed E-state index contributed by atoms with van der Waals surface area (Å²) < 4.78 is 13.1. The van der Waals surface area contributed by atoms with Gasteiger partial charge in [0.15, 0.2) is 0 Å². The number of nitrogens with zero attached hydrogens (tertiary/aromatic N) is 2. The summed E-state index contributed by atoms with van der Waals surface area (Å²) in [6.45, 7) is 5.75. The van der Waals surface area contributed by atoms with Crippen molar-refractivity contribution >= 4 is 60.0 Å². The first kappa shape index (κ1) is 46.5. The molecular formula is C54H60N2O6. The molecule has 0 spiro atoms. The summed E-state index contributed by atoms with van der Waals surface area (Å²) in [5.41, 5.74) is 8.00. The van der Waals surface area contributed by atoms with Crippen molar-refractivity contribution in [3.63, 3.8) is 0 Å². The fourth-order valence-electron chi connectivity index (χ4n) is 6.84. The van der Waals surface area contributed by atoms with Gasteiger partial charge in [0.25, 0.3) is 11.4 Å². The minimum absolute atomic E-state index is 0.0770. The monoisotopic (exact) mass is 832 g/mol. The maximum Gasteiger partial charge on any atom is 0.269 e. The van der Waals surface area contributed by atoms with E-state index in [1.54, 1.807) is 24.3 Å². The smallest absolute Gasteiger partial charge is 0.269 e. The Morgan fingerprint density at radius 2 is 0.645 bits per heavy atom. The lowest BCUT2D eigenvalue weighted by atomic mass is 10.0. The Bertz CT molecular complexity index is 2090. The lowest BCUT2D eigenvalue weighted by molar-refractivity contribution is -0.385. The Morgan fingerprint density at radius 1 is 0.387 bits per heavy atom. The minimum Gasteiger partial charge on any atom is -0.493 e. The summed E-state index contributed by atoms with van der Waals surface area (Å²) in [4.78, 5) is 21.2. The highest BCUT2D eigenvalue weighted by Crippen LogP contribution is 2.33. The summed E-state index contributed by atoms with van der Waals surface area (Å²) >= 11 is 0. The van der Waals surface area contributed by atoms with Crippen LogP contribution < -0.4 is 9.47 Å². The summed E-state index contributed by atoms with van der Waals surface area (Å²) in [6, 6.07) is 33.8. The first-order valence-electron chi connectivity index (χ1n) is 22.2. The number of hydrogen-bond acceptors (Lipinski definition) is 6. The standard InChI is InChI=1S/C54H60N2O6/c1-3-5-7-9-11-13-39-61-53-41-50(34-28-46-23-17-44(18-24-46)20-26-48-31-37-52(38-32-48)56(59)60)54(62-40-14-12-10-8-6-4-2)42-49(53)33-27-45-21-15-43(16-22-45)19-25-47-29-35-51(36-30-47)55(57)58/h15-38,41-42H,3-14,39-40H2,1-2H3/b25-19+,26-20+,33-27+,34-28+. The maximum atomic E-state index is 11.0. The summed E-state index contributed by atoms with van der Waals surface area (Å²) in [5, 5.41) is 22.0. The van der Waals surface area contributed by atoms with Gasteiger partial charge in [-0.25, -0.2) is 0 Å². The van der Waals surface area contributed by atoms with Gasteiger partial charge in [0.05, 0.1) is 23.1 Å². The molecule has 8 nitrogen and oxygen atoms in total. The quantitative estimate of drug-likeness (QED) is 0.0238. The first-order valence-corrected chi connectivity index (χ1v) is 22.2. The largest absolute Gasteiger partial charge is 0.493 e. The van der Waals surface area contributed by atoms with Gasteiger partial charge in [-0.1, -0.05) is 175 Å². The molecule has 0 atom stereocenters. The third kappa shape index (κ3) is 16.1. The predicted octanol–water partition coefficient (Wildman–Crippen LogP) is 15.7. The van der Waals surface area contributed by atoms with E-state index < -0.39 is 9.85 Å². The SMILES string of the molecule is CCCCCCCCOc1cc(/C=C/c2ccc(/C=C/c3ccc([N+](=O)[O-])cc3)cc2)c(OCCCCCCCC)cc1/C=C/c1ccc(/C=C/c2ccc([N+](=O)[O-])cc2)cc1. The summed E-state index contributed by atoms with van der Waals surface area (Å²) in [5.74, 6) is 1.63. The van der Waals surface area contributed by atoms with Gasteiger partial charge >= 0.3 is 0 Å². The van der Waals surface area contributed by atoms with Crippen LogP contribution in [0.5, 0.6) is 11.5 Å². The molecule has 0 aliphatic heterocycles. The molecule has 0 saturated heterocycles. The van der Waals surface area contributed by atoms with Crippen molar-refractivity contribution in [3.05, 3.63) is 174 Å². The Labute approximate surface area is 367 Å². The Balaban J connectivity index is 1.36. The van der Waals surface area contributed by atoms with Gasteiger partial charge in [0, 0.05) is 35.4 Å². The normalized spacial score (nSPS) is 11.6. The van der Waals surface area contributed by atoms with E-state index in [-0.39, 0.29) is 11.4 Å². The van der Waals surface area contributed by atoms with Gasteiger partial charge < -0.3 is 9.47 Å². The van der Waals surface area contributed by atoms with Crippen LogP contribution in [0, 0.1) is 20.2 Å². The van der Waals surface area contributed by atoms with Crippen molar-refractivity contribution < 1.29 is 19.3 Å². The fraction of sp³-hybridized carbons (Fsp3) is 0.296. The van der Waals surface area contributed by atoms with Crippen LogP contribution in [0.15, 0.2) is 109 Å². The molecule has 0 amide bonds. The second-order valence-electron chi connectivity index (χ2n) is 15.5. The number of hydrogen-bond donors (Lipinski definition) is 0. The number of benzene rings is 5. The lowest BCUT2D eigenvalue weighted by Crippen LogP contribution is -2.03. The molecule has 8 heteroatoms. The van der Waals surface area contributed by atoms with Crippen LogP contribution in [0.4, 0.5) is 11.4 Å². The van der Waals surface area contributed by atoms with Crippen LogP contribution in [0.25, 0.3) is 48.6 Å². The van der Waals surface area contributed by atoms with E-state index in [2.05, 4.69) is 98.8 Å². The molecule has 322 valence electrons.